The van der Waals surface area contributed by atoms with Gasteiger partial charge in [-0.05, 0) is 31.7 Å². The van der Waals surface area contributed by atoms with E-state index in [1.54, 1.807) is 0 Å². The van der Waals surface area contributed by atoms with Crippen LogP contribution in [-0.4, -0.2) is 49.3 Å². The maximum absolute atomic E-state index is 6.14. The second kappa shape index (κ2) is 6.88. The zero-order valence-corrected chi connectivity index (χ0v) is 12.3. The van der Waals surface area contributed by atoms with Crippen molar-refractivity contribution in [3.63, 3.8) is 0 Å². The van der Waals surface area contributed by atoms with Crippen molar-refractivity contribution in [1.82, 2.24) is 10.2 Å². The second-order valence-corrected chi connectivity index (χ2v) is 6.34. The number of ether oxygens (including phenoxy) is 1. The summed E-state index contributed by atoms with van der Waals surface area (Å²) in [7, 11) is 0. The molecular weight excluding hydrogens is 224 g/mol. The van der Waals surface area contributed by atoms with Gasteiger partial charge in [0.2, 0.25) is 0 Å². The van der Waals surface area contributed by atoms with Gasteiger partial charge in [0, 0.05) is 25.7 Å². The Hall–Kier alpha value is -0.120. The fourth-order valence-corrected chi connectivity index (χ4v) is 3.13. The highest BCUT2D eigenvalue weighted by Crippen LogP contribution is 2.24. The molecule has 3 unspecified atom stereocenters. The van der Waals surface area contributed by atoms with Crippen LogP contribution in [0.4, 0.5) is 0 Å². The van der Waals surface area contributed by atoms with Crippen LogP contribution in [0.5, 0.6) is 0 Å². The predicted molar refractivity (Wildman–Crippen MR) is 75.9 cm³/mol. The van der Waals surface area contributed by atoms with E-state index in [2.05, 4.69) is 31.0 Å². The third kappa shape index (κ3) is 4.22. The molecule has 1 N–H and O–H groups in total. The number of likely N-dealkylation sites (tertiary alicyclic amines) is 1. The van der Waals surface area contributed by atoms with Crippen molar-refractivity contribution in [3.05, 3.63) is 0 Å². The van der Waals surface area contributed by atoms with E-state index in [1.807, 2.05) is 0 Å². The maximum atomic E-state index is 6.14. The van der Waals surface area contributed by atoms with Crippen molar-refractivity contribution in [2.45, 2.75) is 64.7 Å². The van der Waals surface area contributed by atoms with E-state index >= 15 is 0 Å². The first-order valence-electron chi connectivity index (χ1n) is 7.78. The van der Waals surface area contributed by atoms with Gasteiger partial charge in [-0.15, -0.1) is 0 Å². The van der Waals surface area contributed by atoms with Gasteiger partial charge in [0.25, 0.3) is 0 Å². The molecule has 0 aromatic carbocycles. The number of hydrogen-bond donors (Lipinski definition) is 1. The lowest BCUT2D eigenvalue weighted by Gasteiger charge is -2.21. The Kier molecular flexibility index (Phi) is 5.46. The first kappa shape index (κ1) is 14.3. The smallest absolute Gasteiger partial charge is 0.0707 e. The standard InChI is InChI=1S/C15H30N2O/c1-4-13-7-8-17(10-13)11-15-6-5-14(18-15)9-16-12(2)3/h12-16H,4-11H2,1-3H3. The fraction of sp³-hybridized carbons (Fsp3) is 1.00. The van der Waals surface area contributed by atoms with Crippen LogP contribution in [0, 0.1) is 5.92 Å². The third-order valence-corrected chi connectivity index (χ3v) is 4.36. The molecule has 0 radical (unpaired) electrons. The van der Waals surface area contributed by atoms with Crippen molar-refractivity contribution in [3.8, 4) is 0 Å². The summed E-state index contributed by atoms with van der Waals surface area (Å²) in [5, 5.41) is 3.48. The molecule has 2 fully saturated rings. The van der Waals surface area contributed by atoms with Crippen molar-refractivity contribution in [2.75, 3.05) is 26.2 Å². The van der Waals surface area contributed by atoms with Gasteiger partial charge in [-0.1, -0.05) is 27.2 Å². The van der Waals surface area contributed by atoms with Gasteiger partial charge >= 0.3 is 0 Å². The van der Waals surface area contributed by atoms with Crippen LogP contribution in [0.25, 0.3) is 0 Å². The molecule has 0 spiro atoms. The van der Waals surface area contributed by atoms with Crippen LogP contribution in [0.15, 0.2) is 0 Å². The zero-order valence-electron chi connectivity index (χ0n) is 12.3. The van der Waals surface area contributed by atoms with Crippen molar-refractivity contribution >= 4 is 0 Å². The highest BCUT2D eigenvalue weighted by atomic mass is 16.5. The lowest BCUT2D eigenvalue weighted by atomic mass is 10.1. The van der Waals surface area contributed by atoms with Gasteiger partial charge in [0.15, 0.2) is 0 Å². The minimum absolute atomic E-state index is 0.446. The Morgan fingerprint density at radius 3 is 2.67 bits per heavy atom. The summed E-state index contributed by atoms with van der Waals surface area (Å²) in [6.07, 6.45) is 6.14. The molecule has 2 heterocycles. The molecule has 2 aliphatic rings. The number of rotatable bonds is 6. The summed E-state index contributed by atoms with van der Waals surface area (Å²) in [4.78, 5) is 2.61. The van der Waals surface area contributed by atoms with Gasteiger partial charge in [-0.25, -0.2) is 0 Å². The number of nitrogens with one attached hydrogen (secondary N) is 1. The molecule has 0 amide bonds. The van der Waals surface area contributed by atoms with Crippen LogP contribution < -0.4 is 5.32 Å². The summed E-state index contributed by atoms with van der Waals surface area (Å²) in [6, 6.07) is 0.566. The van der Waals surface area contributed by atoms with Crippen LogP contribution >= 0.6 is 0 Å². The van der Waals surface area contributed by atoms with E-state index in [-0.39, 0.29) is 0 Å². The second-order valence-electron chi connectivity index (χ2n) is 6.34. The maximum Gasteiger partial charge on any atom is 0.0707 e. The number of hydrogen-bond acceptors (Lipinski definition) is 3. The van der Waals surface area contributed by atoms with Gasteiger partial charge in [0.1, 0.15) is 0 Å². The predicted octanol–water partition coefficient (Wildman–Crippen LogP) is 2.26. The lowest BCUT2D eigenvalue weighted by Crippen LogP contribution is -2.34. The van der Waals surface area contributed by atoms with E-state index < -0.39 is 0 Å². The first-order valence-corrected chi connectivity index (χ1v) is 7.78. The van der Waals surface area contributed by atoms with Crippen LogP contribution in [-0.2, 0) is 4.74 Å². The molecule has 0 aromatic rings. The largest absolute Gasteiger partial charge is 0.372 e. The van der Waals surface area contributed by atoms with Crippen LogP contribution in [0.2, 0.25) is 0 Å². The Bertz CT molecular complexity index is 245. The molecule has 3 atom stereocenters. The van der Waals surface area contributed by atoms with Gasteiger partial charge < -0.3 is 15.0 Å². The molecule has 2 saturated heterocycles. The van der Waals surface area contributed by atoms with E-state index in [0.717, 1.165) is 19.0 Å². The normalized spacial score (nSPS) is 33.7. The molecule has 0 aliphatic carbocycles. The first-order chi connectivity index (χ1) is 8.67. The summed E-state index contributed by atoms with van der Waals surface area (Å²) < 4.78 is 6.14. The van der Waals surface area contributed by atoms with Crippen LogP contribution in [0.3, 0.4) is 0 Å². The minimum Gasteiger partial charge on any atom is -0.372 e. The van der Waals surface area contributed by atoms with Crippen molar-refractivity contribution in [1.29, 1.82) is 0 Å². The molecule has 0 bridgehead atoms. The van der Waals surface area contributed by atoms with Crippen molar-refractivity contribution < 1.29 is 4.74 Å². The Balaban J connectivity index is 1.64. The average Bonchev–Trinajstić information content (AvgIpc) is 2.96. The highest BCUT2D eigenvalue weighted by molar-refractivity contribution is 4.82. The molecule has 3 nitrogen and oxygen atoms in total. The average molecular weight is 254 g/mol. The van der Waals surface area contributed by atoms with E-state index in [9.17, 15) is 0 Å². The summed E-state index contributed by atoms with van der Waals surface area (Å²) in [6.45, 7) is 11.5. The number of nitrogens with zero attached hydrogens (tertiary/aromatic N) is 1. The molecule has 2 aliphatic heterocycles. The topological polar surface area (TPSA) is 24.5 Å². The summed E-state index contributed by atoms with van der Waals surface area (Å²) in [5.41, 5.74) is 0. The van der Waals surface area contributed by atoms with E-state index in [1.165, 1.54) is 38.8 Å². The highest BCUT2D eigenvalue weighted by Gasteiger charge is 2.29. The molecule has 0 aromatic heterocycles. The van der Waals surface area contributed by atoms with E-state index in [4.69, 9.17) is 4.74 Å². The SMILES string of the molecule is CCC1CCN(CC2CCC(CNC(C)C)O2)C1. The molecule has 0 saturated carbocycles. The minimum atomic E-state index is 0.446. The molecule has 3 heteroatoms. The Morgan fingerprint density at radius 1 is 1.22 bits per heavy atom. The molecule has 18 heavy (non-hydrogen) atoms. The van der Waals surface area contributed by atoms with Gasteiger partial charge in [0.05, 0.1) is 12.2 Å². The molecular formula is C15H30N2O. The Labute approximate surface area is 112 Å². The molecule has 2 rings (SSSR count). The zero-order chi connectivity index (χ0) is 13.0. The van der Waals surface area contributed by atoms with Crippen LogP contribution in [0.1, 0.15) is 46.5 Å². The van der Waals surface area contributed by atoms with E-state index in [0.29, 0.717) is 18.2 Å². The Morgan fingerprint density at radius 2 is 2.00 bits per heavy atom. The molecule has 106 valence electrons. The quantitative estimate of drug-likeness (QED) is 0.787. The summed E-state index contributed by atoms with van der Waals surface area (Å²) in [5.74, 6) is 0.935. The van der Waals surface area contributed by atoms with Gasteiger partial charge in [-0.2, -0.15) is 0 Å². The summed E-state index contributed by atoms with van der Waals surface area (Å²) >= 11 is 0. The third-order valence-electron chi connectivity index (χ3n) is 4.36. The monoisotopic (exact) mass is 254 g/mol. The fourth-order valence-electron chi connectivity index (χ4n) is 3.13. The lowest BCUT2D eigenvalue weighted by molar-refractivity contribution is 0.0261. The van der Waals surface area contributed by atoms with Gasteiger partial charge in [-0.3, -0.25) is 0 Å². The van der Waals surface area contributed by atoms with Crippen molar-refractivity contribution in [2.24, 2.45) is 5.92 Å².